The van der Waals surface area contributed by atoms with E-state index < -0.39 is 49.5 Å². The molecular formula is C24H49NO7. The minimum atomic E-state index is -1.49. The Balaban J connectivity index is 2.03. The molecule has 0 unspecified atom stereocenters. The fourth-order valence-electron chi connectivity index (χ4n) is 4.11. The molecule has 0 aliphatic carbocycles. The van der Waals surface area contributed by atoms with Gasteiger partial charge in [0.05, 0.1) is 25.4 Å². The van der Waals surface area contributed by atoms with Gasteiger partial charge >= 0.3 is 0 Å². The molecule has 0 radical (unpaired) electrons. The van der Waals surface area contributed by atoms with E-state index in [1.54, 1.807) is 0 Å². The van der Waals surface area contributed by atoms with E-state index in [0.29, 0.717) is 6.42 Å². The minimum Gasteiger partial charge on any atom is -0.394 e. The molecule has 32 heavy (non-hydrogen) atoms. The zero-order valence-corrected chi connectivity index (χ0v) is 20.0. The molecule has 7 N–H and O–H groups in total. The molecule has 192 valence electrons. The Kier molecular flexibility index (Phi) is 16.8. The highest BCUT2D eigenvalue weighted by molar-refractivity contribution is 4.89. The SMILES string of the molecule is CCCCCCCCCCCCCCC[C@@H](O)[C@@H](N)CO[C@H]1O[C@H](CO)[C@H](O)[C@H](O)[C@H]1O. The minimum absolute atomic E-state index is 0.0672. The number of unbranched alkanes of at least 4 members (excludes halogenated alkanes) is 12. The Labute approximate surface area is 194 Å². The molecule has 1 rings (SSSR count). The molecule has 0 saturated carbocycles. The van der Waals surface area contributed by atoms with Gasteiger partial charge in [0, 0.05) is 0 Å². The molecule has 1 aliphatic rings. The van der Waals surface area contributed by atoms with E-state index in [1.165, 1.54) is 70.6 Å². The lowest BCUT2D eigenvalue weighted by molar-refractivity contribution is -0.302. The first-order chi connectivity index (χ1) is 15.4. The highest BCUT2D eigenvalue weighted by atomic mass is 16.7. The van der Waals surface area contributed by atoms with Gasteiger partial charge in [-0.1, -0.05) is 90.4 Å². The summed E-state index contributed by atoms with van der Waals surface area (Å²) in [5.74, 6) is 0. The van der Waals surface area contributed by atoms with Crippen molar-refractivity contribution in [3.8, 4) is 0 Å². The summed E-state index contributed by atoms with van der Waals surface area (Å²) in [5.41, 5.74) is 5.98. The summed E-state index contributed by atoms with van der Waals surface area (Å²) in [6, 6.07) is -0.653. The van der Waals surface area contributed by atoms with E-state index in [1.807, 2.05) is 0 Å². The molecule has 0 aromatic rings. The Morgan fingerprint density at radius 3 is 1.78 bits per heavy atom. The zero-order chi connectivity index (χ0) is 23.8. The molecule has 8 nitrogen and oxygen atoms in total. The van der Waals surface area contributed by atoms with Crippen molar-refractivity contribution in [2.24, 2.45) is 5.73 Å². The second kappa shape index (κ2) is 18.1. The number of ether oxygens (including phenoxy) is 2. The highest BCUT2D eigenvalue weighted by Gasteiger charge is 2.44. The quantitative estimate of drug-likeness (QED) is 0.159. The Hall–Kier alpha value is -0.320. The van der Waals surface area contributed by atoms with Crippen LogP contribution in [0.2, 0.25) is 0 Å². The molecule has 0 amide bonds. The molecule has 0 aromatic heterocycles. The first kappa shape index (κ1) is 29.7. The molecule has 7 atom stereocenters. The fourth-order valence-corrected chi connectivity index (χ4v) is 4.11. The lowest BCUT2D eigenvalue weighted by Crippen LogP contribution is -2.59. The van der Waals surface area contributed by atoms with Crippen LogP contribution in [-0.4, -0.2) is 81.6 Å². The number of nitrogens with two attached hydrogens (primary N) is 1. The van der Waals surface area contributed by atoms with Crippen molar-refractivity contribution in [3.63, 3.8) is 0 Å². The van der Waals surface area contributed by atoms with Crippen LogP contribution in [0.1, 0.15) is 96.8 Å². The monoisotopic (exact) mass is 463 g/mol. The third-order valence-electron chi connectivity index (χ3n) is 6.40. The van der Waals surface area contributed by atoms with Crippen LogP contribution in [-0.2, 0) is 9.47 Å². The predicted octanol–water partition coefficient (Wildman–Crippen LogP) is 1.97. The lowest BCUT2D eigenvalue weighted by atomic mass is 9.99. The summed E-state index contributed by atoms with van der Waals surface area (Å²) in [6.45, 7) is 1.67. The van der Waals surface area contributed by atoms with E-state index in [2.05, 4.69) is 6.92 Å². The molecule has 0 aromatic carbocycles. The maximum absolute atomic E-state index is 10.2. The zero-order valence-electron chi connectivity index (χ0n) is 20.0. The summed E-state index contributed by atoms with van der Waals surface area (Å²) in [6.07, 6.45) is 9.70. The molecule has 0 bridgehead atoms. The summed E-state index contributed by atoms with van der Waals surface area (Å²) >= 11 is 0. The van der Waals surface area contributed by atoms with Crippen LogP contribution >= 0.6 is 0 Å². The van der Waals surface area contributed by atoms with Gasteiger partial charge in [-0.25, -0.2) is 0 Å². The van der Waals surface area contributed by atoms with Crippen LogP contribution in [0.15, 0.2) is 0 Å². The summed E-state index contributed by atoms with van der Waals surface area (Å²) in [7, 11) is 0. The third-order valence-corrected chi connectivity index (χ3v) is 6.40. The van der Waals surface area contributed by atoms with Gasteiger partial charge in [0.25, 0.3) is 0 Å². The van der Waals surface area contributed by atoms with Crippen LogP contribution in [0.4, 0.5) is 0 Å². The first-order valence-corrected chi connectivity index (χ1v) is 12.8. The van der Waals surface area contributed by atoms with E-state index >= 15 is 0 Å². The molecular weight excluding hydrogens is 414 g/mol. The van der Waals surface area contributed by atoms with Gasteiger partial charge in [-0.15, -0.1) is 0 Å². The van der Waals surface area contributed by atoms with Crippen molar-refractivity contribution in [2.45, 2.75) is 140 Å². The standard InChI is InChI=1S/C24H49NO7/c1-2-3-4-5-6-7-8-9-10-11-12-13-14-15-19(27)18(25)17-31-24-23(30)22(29)21(28)20(16-26)32-24/h18-24,26-30H,2-17,25H2,1H3/t18-,19+,20+,21-,22-,23+,24-/m0/s1. The highest BCUT2D eigenvalue weighted by Crippen LogP contribution is 2.22. The van der Waals surface area contributed by atoms with Gasteiger partial charge in [0.2, 0.25) is 0 Å². The van der Waals surface area contributed by atoms with E-state index in [-0.39, 0.29) is 6.61 Å². The lowest BCUT2D eigenvalue weighted by Gasteiger charge is -2.40. The third kappa shape index (κ3) is 11.7. The average Bonchev–Trinajstić information content (AvgIpc) is 2.79. The number of aliphatic hydroxyl groups is 5. The van der Waals surface area contributed by atoms with Gasteiger partial charge < -0.3 is 40.7 Å². The number of hydrogen-bond donors (Lipinski definition) is 6. The molecule has 1 fully saturated rings. The largest absolute Gasteiger partial charge is 0.394 e. The van der Waals surface area contributed by atoms with Crippen LogP contribution in [0.25, 0.3) is 0 Å². The molecule has 1 saturated heterocycles. The first-order valence-electron chi connectivity index (χ1n) is 12.8. The van der Waals surface area contributed by atoms with Crippen molar-refractivity contribution < 1.29 is 35.0 Å². The molecule has 8 heteroatoms. The number of rotatable bonds is 19. The number of hydrogen-bond acceptors (Lipinski definition) is 8. The Bertz CT molecular complexity index is 441. The van der Waals surface area contributed by atoms with Crippen molar-refractivity contribution in [1.82, 2.24) is 0 Å². The van der Waals surface area contributed by atoms with Crippen molar-refractivity contribution in [1.29, 1.82) is 0 Å². The van der Waals surface area contributed by atoms with Gasteiger partial charge in [0.15, 0.2) is 6.29 Å². The Morgan fingerprint density at radius 1 is 0.781 bits per heavy atom. The van der Waals surface area contributed by atoms with E-state index in [0.717, 1.165) is 12.8 Å². The predicted molar refractivity (Wildman–Crippen MR) is 124 cm³/mol. The van der Waals surface area contributed by atoms with Crippen LogP contribution in [0.5, 0.6) is 0 Å². The second-order valence-electron chi connectivity index (χ2n) is 9.29. The summed E-state index contributed by atoms with van der Waals surface area (Å²) < 4.78 is 10.7. The molecule has 1 aliphatic heterocycles. The molecule has 1 heterocycles. The summed E-state index contributed by atoms with van der Waals surface area (Å²) in [5, 5.41) is 49.0. The number of aliphatic hydroxyl groups excluding tert-OH is 5. The fraction of sp³-hybridized carbons (Fsp3) is 1.00. The van der Waals surface area contributed by atoms with Crippen LogP contribution in [0, 0.1) is 0 Å². The van der Waals surface area contributed by atoms with Gasteiger partial charge in [0.1, 0.15) is 24.4 Å². The van der Waals surface area contributed by atoms with E-state index in [4.69, 9.17) is 15.2 Å². The van der Waals surface area contributed by atoms with Crippen LogP contribution < -0.4 is 5.73 Å². The molecule has 0 spiro atoms. The normalized spacial score (nSPS) is 28.0. The maximum Gasteiger partial charge on any atom is 0.186 e. The second-order valence-corrected chi connectivity index (χ2v) is 9.29. The van der Waals surface area contributed by atoms with Crippen molar-refractivity contribution in [3.05, 3.63) is 0 Å². The van der Waals surface area contributed by atoms with Gasteiger partial charge in [-0.2, -0.15) is 0 Å². The van der Waals surface area contributed by atoms with E-state index in [9.17, 15) is 25.5 Å². The van der Waals surface area contributed by atoms with Gasteiger partial charge in [-0.05, 0) is 6.42 Å². The van der Waals surface area contributed by atoms with Crippen molar-refractivity contribution in [2.75, 3.05) is 13.2 Å². The topological polar surface area (TPSA) is 146 Å². The summed E-state index contributed by atoms with van der Waals surface area (Å²) in [4.78, 5) is 0. The maximum atomic E-state index is 10.2. The Morgan fingerprint density at radius 2 is 1.28 bits per heavy atom. The van der Waals surface area contributed by atoms with Crippen LogP contribution in [0.3, 0.4) is 0 Å². The van der Waals surface area contributed by atoms with Gasteiger partial charge in [-0.3, -0.25) is 0 Å². The smallest absolute Gasteiger partial charge is 0.186 e. The average molecular weight is 464 g/mol. The van der Waals surface area contributed by atoms with Crippen molar-refractivity contribution >= 4 is 0 Å².